The fraction of sp³-hybridized carbons (Fsp3) is 0.500. The molecule has 0 aromatic carbocycles. The first kappa shape index (κ1) is 25.4. The molecule has 0 saturated carbocycles. The molecule has 1 saturated heterocycles. The fourth-order valence-corrected chi connectivity index (χ4v) is 5.41. The monoisotopic (exact) mass is 523 g/mol. The molecule has 1 fully saturated rings. The third-order valence-corrected chi connectivity index (χ3v) is 7.53. The van der Waals surface area contributed by atoms with Crippen molar-refractivity contribution in [2.75, 3.05) is 55.8 Å². The maximum atomic E-state index is 12.5. The molecule has 0 unspecified atom stereocenters. The van der Waals surface area contributed by atoms with E-state index in [-0.39, 0.29) is 11.8 Å². The number of hydrogen-bond donors (Lipinski definition) is 2. The van der Waals surface area contributed by atoms with Crippen LogP contribution in [0, 0.1) is 0 Å². The second kappa shape index (κ2) is 9.90. The van der Waals surface area contributed by atoms with Crippen molar-refractivity contribution in [1.29, 1.82) is 0 Å². The minimum atomic E-state index is -0.660. The molecule has 2 aliphatic heterocycles. The Morgan fingerprint density at radius 2 is 1.97 bits per heavy atom. The highest BCUT2D eigenvalue weighted by atomic mass is 35.5. The summed E-state index contributed by atoms with van der Waals surface area (Å²) in [5.74, 6) is 1.72. The van der Waals surface area contributed by atoms with Crippen LogP contribution < -0.4 is 15.5 Å². The van der Waals surface area contributed by atoms with Crippen molar-refractivity contribution < 1.29 is 4.79 Å². The summed E-state index contributed by atoms with van der Waals surface area (Å²) in [6.45, 7) is 7.26. The summed E-state index contributed by atoms with van der Waals surface area (Å²) in [6, 6.07) is 6.00. The van der Waals surface area contributed by atoms with E-state index in [9.17, 15) is 4.79 Å². The first-order chi connectivity index (χ1) is 17.6. The summed E-state index contributed by atoms with van der Waals surface area (Å²) >= 11 is 6.16. The lowest BCUT2D eigenvalue weighted by Gasteiger charge is -2.35. The number of carbonyl (C=O) groups is 1. The van der Waals surface area contributed by atoms with Crippen molar-refractivity contribution in [2.45, 2.75) is 38.0 Å². The zero-order chi connectivity index (χ0) is 26.3. The van der Waals surface area contributed by atoms with Crippen molar-refractivity contribution >= 4 is 34.8 Å². The highest BCUT2D eigenvalue weighted by molar-refractivity contribution is 6.29. The van der Waals surface area contributed by atoms with E-state index in [2.05, 4.69) is 55.7 Å². The number of halogens is 1. The highest BCUT2D eigenvalue weighted by Gasteiger charge is 2.43. The van der Waals surface area contributed by atoms with Gasteiger partial charge < -0.3 is 20.4 Å². The van der Waals surface area contributed by atoms with Crippen LogP contribution in [0.15, 0.2) is 24.5 Å². The van der Waals surface area contributed by atoms with Gasteiger partial charge in [0.15, 0.2) is 5.15 Å². The summed E-state index contributed by atoms with van der Waals surface area (Å²) < 4.78 is 1.77. The number of rotatable bonds is 7. The second-order valence-corrected chi connectivity index (χ2v) is 11.0. The summed E-state index contributed by atoms with van der Waals surface area (Å²) in [4.78, 5) is 31.0. The van der Waals surface area contributed by atoms with E-state index in [1.165, 1.54) is 0 Å². The number of carbonyl (C=O) groups excluding carboxylic acids is 1. The number of piperidine rings is 1. The average Bonchev–Trinajstić information content (AvgIpc) is 3.32. The summed E-state index contributed by atoms with van der Waals surface area (Å²) in [7, 11) is 6.02. The van der Waals surface area contributed by atoms with E-state index >= 15 is 0 Å². The number of amides is 1. The molecule has 5 rings (SSSR count). The van der Waals surface area contributed by atoms with Gasteiger partial charge in [-0.05, 0) is 52.9 Å². The Hall–Kier alpha value is -3.24. The average molecular weight is 524 g/mol. The Morgan fingerprint density at radius 1 is 1.22 bits per heavy atom. The van der Waals surface area contributed by atoms with Gasteiger partial charge in [0.1, 0.15) is 18.0 Å². The van der Waals surface area contributed by atoms with Gasteiger partial charge in [0.25, 0.3) is 0 Å². The third kappa shape index (κ3) is 4.87. The van der Waals surface area contributed by atoms with Crippen LogP contribution in [-0.2, 0) is 17.3 Å². The molecule has 2 aliphatic rings. The Kier molecular flexibility index (Phi) is 6.80. The number of anilines is 3. The molecule has 5 heterocycles. The molecule has 1 amide bonds. The summed E-state index contributed by atoms with van der Waals surface area (Å²) in [5.41, 5.74) is 4.11. The van der Waals surface area contributed by atoms with Crippen LogP contribution in [0.4, 0.5) is 17.3 Å². The highest BCUT2D eigenvalue weighted by Crippen LogP contribution is 2.43. The summed E-state index contributed by atoms with van der Waals surface area (Å²) in [6.07, 6.45) is 3.38. The fourth-order valence-electron chi connectivity index (χ4n) is 5.19. The van der Waals surface area contributed by atoms with Crippen LogP contribution >= 0.6 is 11.6 Å². The molecule has 0 spiro atoms. The first-order valence-electron chi connectivity index (χ1n) is 12.7. The molecule has 3 aromatic heterocycles. The zero-order valence-electron chi connectivity index (χ0n) is 22.0. The number of nitrogens with one attached hydrogen (secondary N) is 2. The van der Waals surface area contributed by atoms with E-state index in [0.29, 0.717) is 11.0 Å². The molecular formula is C26H34ClN9O. The molecule has 37 heavy (non-hydrogen) atoms. The maximum absolute atomic E-state index is 12.5. The van der Waals surface area contributed by atoms with E-state index in [1.54, 1.807) is 11.0 Å². The Labute approximate surface area is 222 Å². The van der Waals surface area contributed by atoms with Gasteiger partial charge in [0.2, 0.25) is 5.91 Å². The van der Waals surface area contributed by atoms with Crippen molar-refractivity contribution in [3.05, 3.63) is 40.9 Å². The van der Waals surface area contributed by atoms with Gasteiger partial charge >= 0.3 is 0 Å². The molecule has 0 aliphatic carbocycles. The Morgan fingerprint density at radius 3 is 2.65 bits per heavy atom. The number of aryl methyl sites for hydroxylation is 1. The molecule has 0 atom stereocenters. The van der Waals surface area contributed by atoms with Crippen LogP contribution in [0.3, 0.4) is 0 Å². The standard InChI is InChI=1S/C26H34ClN9O/c1-26(2)21-23(32-25(26)37)29-15-30-24(21)36-11-8-16(9-12-36)22-18(28-10-13-34(3)4)7-6-17(31-22)19-14-20(27)33-35(19)5/h6-7,14-16,28H,8-13H2,1-5H3,(H,29,30,32,37). The zero-order valence-corrected chi connectivity index (χ0v) is 22.8. The lowest BCUT2D eigenvalue weighted by molar-refractivity contribution is -0.119. The normalized spacial score (nSPS) is 17.3. The molecule has 0 radical (unpaired) electrons. The quantitative estimate of drug-likeness (QED) is 0.485. The van der Waals surface area contributed by atoms with E-state index in [0.717, 1.165) is 73.2 Å². The SMILES string of the molecule is CN(C)CCNc1ccc(-c2cc(Cl)nn2C)nc1C1CCN(c2ncnc3c2C(C)(C)C(=O)N3)CC1. The molecule has 10 nitrogen and oxygen atoms in total. The van der Waals surface area contributed by atoms with Gasteiger partial charge in [-0.15, -0.1) is 0 Å². The van der Waals surface area contributed by atoms with E-state index in [1.807, 2.05) is 33.0 Å². The van der Waals surface area contributed by atoms with Gasteiger partial charge in [-0.1, -0.05) is 11.6 Å². The van der Waals surface area contributed by atoms with E-state index in [4.69, 9.17) is 16.6 Å². The predicted molar refractivity (Wildman–Crippen MR) is 146 cm³/mol. The van der Waals surface area contributed by atoms with Gasteiger partial charge in [0.05, 0.1) is 33.7 Å². The van der Waals surface area contributed by atoms with Crippen LogP contribution in [0.2, 0.25) is 5.15 Å². The number of fused-ring (bicyclic) bond motifs is 1. The third-order valence-electron chi connectivity index (χ3n) is 7.34. The number of hydrogen-bond acceptors (Lipinski definition) is 8. The van der Waals surface area contributed by atoms with Crippen molar-refractivity contribution in [3.63, 3.8) is 0 Å². The van der Waals surface area contributed by atoms with Gasteiger partial charge in [0, 0.05) is 45.2 Å². The Bertz CT molecular complexity index is 1310. The van der Waals surface area contributed by atoms with Gasteiger partial charge in [-0.3, -0.25) is 9.48 Å². The number of likely N-dealkylation sites (N-methyl/N-ethyl adjacent to an activating group) is 1. The van der Waals surface area contributed by atoms with Crippen molar-refractivity contribution in [3.8, 4) is 11.4 Å². The molecule has 11 heteroatoms. The number of pyridine rings is 1. The molecule has 196 valence electrons. The van der Waals surface area contributed by atoms with E-state index < -0.39 is 5.41 Å². The minimum Gasteiger partial charge on any atom is -0.382 e. The lowest BCUT2D eigenvalue weighted by Crippen LogP contribution is -2.36. The molecule has 2 N–H and O–H groups in total. The minimum absolute atomic E-state index is 0.0381. The first-order valence-corrected chi connectivity index (χ1v) is 13.0. The number of aromatic nitrogens is 5. The predicted octanol–water partition coefficient (Wildman–Crippen LogP) is 3.51. The Balaban J connectivity index is 1.40. The summed E-state index contributed by atoms with van der Waals surface area (Å²) in [5, 5.41) is 11.2. The van der Waals surface area contributed by atoms with Crippen LogP contribution in [0.25, 0.3) is 11.4 Å². The van der Waals surface area contributed by atoms with Crippen molar-refractivity contribution in [2.24, 2.45) is 7.05 Å². The largest absolute Gasteiger partial charge is 0.382 e. The van der Waals surface area contributed by atoms with Gasteiger partial charge in [-0.2, -0.15) is 5.10 Å². The van der Waals surface area contributed by atoms with Crippen LogP contribution in [0.5, 0.6) is 0 Å². The second-order valence-electron chi connectivity index (χ2n) is 10.6. The maximum Gasteiger partial charge on any atom is 0.235 e. The molecule has 0 bridgehead atoms. The smallest absolute Gasteiger partial charge is 0.235 e. The van der Waals surface area contributed by atoms with Crippen molar-refractivity contribution in [1.82, 2.24) is 29.6 Å². The van der Waals surface area contributed by atoms with Gasteiger partial charge in [-0.25, -0.2) is 15.0 Å². The number of nitrogens with zero attached hydrogens (tertiary/aromatic N) is 7. The lowest BCUT2D eigenvalue weighted by atomic mass is 9.86. The molecule has 3 aromatic rings. The topological polar surface area (TPSA) is 104 Å². The van der Waals surface area contributed by atoms with Crippen LogP contribution in [0.1, 0.15) is 43.9 Å². The molecular weight excluding hydrogens is 490 g/mol. The van der Waals surface area contributed by atoms with Crippen LogP contribution in [-0.4, -0.2) is 75.8 Å².